The van der Waals surface area contributed by atoms with Crippen molar-refractivity contribution in [2.24, 2.45) is 17.8 Å². The van der Waals surface area contributed by atoms with E-state index in [0.717, 1.165) is 47.5 Å². The lowest BCUT2D eigenvalue weighted by atomic mass is 10.1. The van der Waals surface area contributed by atoms with Crippen LogP contribution in [0.2, 0.25) is 0 Å². The molecule has 6 rings (SSSR count). The van der Waals surface area contributed by atoms with Gasteiger partial charge in [-0.05, 0) is 62.1 Å². The van der Waals surface area contributed by atoms with Crippen LogP contribution in [0.3, 0.4) is 0 Å². The number of nitrogens with zero attached hydrogens (tertiary/aromatic N) is 4. The molecule has 3 atom stereocenters. The second kappa shape index (κ2) is 9.24. The molecule has 1 aliphatic carbocycles. The highest BCUT2D eigenvalue weighted by molar-refractivity contribution is 5.82. The molecule has 1 saturated heterocycles. The lowest BCUT2D eigenvalue weighted by Gasteiger charge is -2.21. The molecule has 1 aliphatic heterocycles. The number of aromatic amines is 1. The summed E-state index contributed by atoms with van der Waals surface area (Å²) in [5.74, 6) is 2.19. The Hall–Kier alpha value is -3.82. The van der Waals surface area contributed by atoms with Crippen LogP contribution in [0.5, 0.6) is 11.6 Å². The summed E-state index contributed by atoms with van der Waals surface area (Å²) >= 11 is 0. The molecule has 37 heavy (non-hydrogen) atoms. The number of aromatic nitrogens is 4. The third-order valence-electron chi connectivity index (χ3n) is 7.14. The zero-order valence-electron chi connectivity index (χ0n) is 20.9. The molecule has 2 aliphatic rings. The number of H-pyrrole nitrogens is 1. The number of likely N-dealkylation sites (tertiary alicyclic amines) is 1. The molecular formula is C28H30N6O3. The second-order valence-electron chi connectivity index (χ2n) is 10.7. The van der Waals surface area contributed by atoms with Crippen LogP contribution in [-0.4, -0.2) is 61.3 Å². The van der Waals surface area contributed by atoms with Crippen molar-refractivity contribution in [3.05, 3.63) is 66.6 Å². The molecule has 9 heteroatoms. The zero-order chi connectivity index (χ0) is 25.6. The van der Waals surface area contributed by atoms with E-state index in [1.807, 2.05) is 36.4 Å². The van der Waals surface area contributed by atoms with Crippen LogP contribution in [0.15, 0.2) is 60.9 Å². The third-order valence-corrected chi connectivity index (χ3v) is 7.14. The van der Waals surface area contributed by atoms with Gasteiger partial charge in [-0.25, -0.2) is 4.98 Å². The fourth-order valence-corrected chi connectivity index (χ4v) is 5.22. The summed E-state index contributed by atoms with van der Waals surface area (Å²) < 4.78 is 5.96. The van der Waals surface area contributed by atoms with E-state index in [2.05, 4.69) is 37.5 Å². The number of rotatable bonds is 8. The molecule has 0 spiro atoms. The van der Waals surface area contributed by atoms with Crippen LogP contribution >= 0.6 is 0 Å². The highest BCUT2D eigenvalue weighted by atomic mass is 16.5. The minimum atomic E-state index is -0.885. The van der Waals surface area contributed by atoms with Crippen LogP contribution < -0.4 is 10.1 Å². The molecule has 0 radical (unpaired) electrons. The van der Waals surface area contributed by atoms with Crippen LogP contribution in [0.4, 0.5) is 0 Å². The standard InChI is InChI=1S/C28H30N6O3/c1-28(2,36)16-30-27(35)26-21-14-34(15-22(21)26)13-19-5-3-17-11-20(6-7-23(17)32-19)37-25-8-4-18(12-29-25)24-9-10-31-33-24/h3-12,21-22,26,36H,13-16H2,1-2H3,(H,30,35)(H,31,33)/t21-,22+,26?. The minimum Gasteiger partial charge on any atom is -0.439 e. The monoisotopic (exact) mass is 498 g/mol. The van der Waals surface area contributed by atoms with E-state index in [-0.39, 0.29) is 18.4 Å². The Kier molecular flexibility index (Phi) is 5.89. The first-order valence-electron chi connectivity index (χ1n) is 12.6. The molecule has 4 aromatic rings. The van der Waals surface area contributed by atoms with Gasteiger partial charge in [-0.1, -0.05) is 6.07 Å². The second-order valence-corrected chi connectivity index (χ2v) is 10.7. The lowest BCUT2D eigenvalue weighted by Crippen LogP contribution is -2.40. The normalized spacial score (nSPS) is 21.1. The summed E-state index contributed by atoms with van der Waals surface area (Å²) in [7, 11) is 0. The summed E-state index contributed by atoms with van der Waals surface area (Å²) in [6.45, 7) is 6.27. The van der Waals surface area contributed by atoms with Crippen molar-refractivity contribution in [2.45, 2.75) is 26.0 Å². The van der Waals surface area contributed by atoms with Gasteiger partial charge in [0.2, 0.25) is 11.8 Å². The summed E-state index contributed by atoms with van der Waals surface area (Å²) in [5, 5.41) is 20.6. The Labute approximate surface area is 214 Å². The number of nitrogens with one attached hydrogen (secondary N) is 2. The van der Waals surface area contributed by atoms with Crippen molar-refractivity contribution in [2.75, 3.05) is 19.6 Å². The Morgan fingerprint density at radius 2 is 2.00 bits per heavy atom. The smallest absolute Gasteiger partial charge is 0.223 e. The van der Waals surface area contributed by atoms with Gasteiger partial charge in [-0.3, -0.25) is 19.8 Å². The molecule has 190 valence electrons. The maximum atomic E-state index is 12.4. The first-order valence-corrected chi connectivity index (χ1v) is 12.6. The number of aliphatic hydroxyl groups is 1. The highest BCUT2D eigenvalue weighted by Crippen LogP contribution is 2.52. The van der Waals surface area contributed by atoms with Gasteiger partial charge >= 0.3 is 0 Å². The van der Waals surface area contributed by atoms with E-state index >= 15 is 0 Å². The van der Waals surface area contributed by atoms with Crippen molar-refractivity contribution >= 4 is 16.8 Å². The summed E-state index contributed by atoms with van der Waals surface area (Å²) in [6, 6.07) is 15.7. The summed E-state index contributed by atoms with van der Waals surface area (Å²) in [4.78, 5) is 24.0. The quantitative estimate of drug-likeness (QED) is 0.341. The van der Waals surface area contributed by atoms with E-state index in [4.69, 9.17) is 9.72 Å². The highest BCUT2D eigenvalue weighted by Gasteiger charge is 2.59. The maximum Gasteiger partial charge on any atom is 0.223 e. The number of hydrogen-bond donors (Lipinski definition) is 3. The number of fused-ring (bicyclic) bond motifs is 2. The Balaban J connectivity index is 1.04. The molecule has 0 bridgehead atoms. The SMILES string of the molecule is CC(C)(O)CNC(=O)C1[C@H]2CN(Cc3ccc4cc(Oc5ccc(-c6ccn[nH]6)cn5)ccc4n3)C[C@@H]12. The predicted octanol–water partition coefficient (Wildman–Crippen LogP) is 3.38. The predicted molar refractivity (Wildman–Crippen MR) is 139 cm³/mol. The van der Waals surface area contributed by atoms with E-state index < -0.39 is 5.60 Å². The van der Waals surface area contributed by atoms with Crippen molar-refractivity contribution < 1.29 is 14.6 Å². The first-order chi connectivity index (χ1) is 17.8. The van der Waals surface area contributed by atoms with Crippen molar-refractivity contribution in [3.63, 3.8) is 0 Å². The van der Waals surface area contributed by atoms with Gasteiger partial charge < -0.3 is 15.2 Å². The average molecular weight is 499 g/mol. The number of carbonyl (C=O) groups excluding carboxylic acids is 1. The van der Waals surface area contributed by atoms with Gasteiger partial charge in [0, 0.05) is 61.5 Å². The van der Waals surface area contributed by atoms with Crippen LogP contribution in [0, 0.1) is 17.8 Å². The molecule has 1 amide bonds. The number of ether oxygens (including phenoxy) is 1. The van der Waals surface area contributed by atoms with Crippen molar-refractivity contribution in [3.8, 4) is 22.9 Å². The van der Waals surface area contributed by atoms with E-state index in [1.54, 1.807) is 26.2 Å². The molecule has 9 nitrogen and oxygen atoms in total. The fraction of sp³-hybridized carbons (Fsp3) is 0.357. The number of carbonyl (C=O) groups is 1. The van der Waals surface area contributed by atoms with Crippen LogP contribution in [-0.2, 0) is 11.3 Å². The van der Waals surface area contributed by atoms with Gasteiger partial charge in [0.1, 0.15) is 5.75 Å². The summed E-state index contributed by atoms with van der Waals surface area (Å²) in [5.41, 5.74) is 2.90. The zero-order valence-corrected chi connectivity index (χ0v) is 20.9. The Morgan fingerprint density at radius 3 is 2.70 bits per heavy atom. The Morgan fingerprint density at radius 1 is 1.16 bits per heavy atom. The number of benzene rings is 1. The first kappa shape index (κ1) is 23.6. The van der Waals surface area contributed by atoms with Gasteiger partial charge in [0.15, 0.2) is 0 Å². The number of amides is 1. The molecule has 3 N–H and O–H groups in total. The molecule has 4 heterocycles. The largest absolute Gasteiger partial charge is 0.439 e. The average Bonchev–Trinajstić information content (AvgIpc) is 3.22. The van der Waals surface area contributed by atoms with Gasteiger partial charge in [0.25, 0.3) is 0 Å². The van der Waals surface area contributed by atoms with Crippen LogP contribution in [0.25, 0.3) is 22.2 Å². The van der Waals surface area contributed by atoms with Gasteiger partial charge in [-0.15, -0.1) is 0 Å². The van der Waals surface area contributed by atoms with E-state index in [1.165, 1.54) is 0 Å². The molecule has 1 saturated carbocycles. The van der Waals surface area contributed by atoms with Crippen molar-refractivity contribution in [1.82, 2.24) is 30.4 Å². The van der Waals surface area contributed by atoms with Gasteiger partial charge in [0.05, 0.1) is 22.5 Å². The third kappa shape index (κ3) is 5.19. The molecule has 1 aromatic carbocycles. The lowest BCUT2D eigenvalue weighted by molar-refractivity contribution is -0.124. The van der Waals surface area contributed by atoms with Crippen molar-refractivity contribution in [1.29, 1.82) is 0 Å². The van der Waals surface area contributed by atoms with Crippen LogP contribution in [0.1, 0.15) is 19.5 Å². The number of pyridine rings is 2. The minimum absolute atomic E-state index is 0.0718. The van der Waals surface area contributed by atoms with Gasteiger partial charge in [-0.2, -0.15) is 5.10 Å². The molecule has 1 unspecified atom stereocenters. The molecular weight excluding hydrogens is 468 g/mol. The molecule has 2 fully saturated rings. The number of piperidine rings is 1. The maximum absolute atomic E-state index is 12.4. The van der Waals surface area contributed by atoms with E-state index in [9.17, 15) is 9.90 Å². The Bertz CT molecular complexity index is 1400. The summed E-state index contributed by atoms with van der Waals surface area (Å²) in [6.07, 6.45) is 3.46. The number of hydrogen-bond acceptors (Lipinski definition) is 7. The topological polar surface area (TPSA) is 116 Å². The van der Waals surface area contributed by atoms with E-state index in [0.29, 0.717) is 23.5 Å². The fourth-order valence-electron chi connectivity index (χ4n) is 5.22. The molecule has 3 aromatic heterocycles.